The minimum absolute atomic E-state index is 0.0264. The molecule has 140 valence electrons. The first kappa shape index (κ1) is 19.6. The van der Waals surface area contributed by atoms with Crippen molar-refractivity contribution in [1.29, 1.82) is 0 Å². The number of nitrogens with zero attached hydrogens (tertiary/aromatic N) is 1. The Kier molecular flexibility index (Phi) is 5.97. The number of carbonyl (C=O) groups excluding carboxylic acids is 2. The van der Waals surface area contributed by atoms with Gasteiger partial charge in [0.05, 0.1) is 18.1 Å². The van der Waals surface area contributed by atoms with Crippen LogP contribution in [0.3, 0.4) is 0 Å². The SMILES string of the molecule is CCOC(=O)c1c(NC(=O)N2CCC[C@H](C(F)(F)F)C2)sc(C)c1C. The Morgan fingerprint density at radius 3 is 2.64 bits per heavy atom. The number of anilines is 1. The van der Waals surface area contributed by atoms with Crippen molar-refractivity contribution < 1.29 is 27.5 Å². The number of piperidine rings is 1. The van der Waals surface area contributed by atoms with Crippen LogP contribution in [-0.2, 0) is 4.74 Å². The monoisotopic (exact) mass is 378 g/mol. The van der Waals surface area contributed by atoms with Gasteiger partial charge in [0.25, 0.3) is 0 Å². The van der Waals surface area contributed by atoms with Crippen molar-refractivity contribution in [2.75, 3.05) is 25.0 Å². The Morgan fingerprint density at radius 1 is 1.36 bits per heavy atom. The number of alkyl halides is 3. The first-order valence-corrected chi connectivity index (χ1v) is 8.86. The van der Waals surface area contributed by atoms with Crippen LogP contribution >= 0.6 is 11.3 Å². The molecule has 1 saturated heterocycles. The van der Waals surface area contributed by atoms with Gasteiger partial charge < -0.3 is 9.64 Å². The average molecular weight is 378 g/mol. The van der Waals surface area contributed by atoms with E-state index < -0.39 is 24.1 Å². The maximum absolute atomic E-state index is 12.9. The molecule has 0 unspecified atom stereocenters. The van der Waals surface area contributed by atoms with Crippen LogP contribution in [-0.4, -0.2) is 42.8 Å². The highest BCUT2D eigenvalue weighted by Crippen LogP contribution is 2.35. The number of aryl methyl sites for hydroxylation is 1. The molecule has 0 radical (unpaired) electrons. The molecule has 0 saturated carbocycles. The highest BCUT2D eigenvalue weighted by molar-refractivity contribution is 7.16. The highest BCUT2D eigenvalue weighted by atomic mass is 32.1. The fraction of sp³-hybridized carbons (Fsp3) is 0.625. The largest absolute Gasteiger partial charge is 0.462 e. The predicted molar refractivity (Wildman–Crippen MR) is 89.1 cm³/mol. The number of thiophene rings is 1. The maximum Gasteiger partial charge on any atom is 0.393 e. The molecule has 9 heteroatoms. The molecule has 1 fully saturated rings. The fourth-order valence-electron chi connectivity index (χ4n) is 2.77. The molecule has 1 aromatic rings. The van der Waals surface area contributed by atoms with Crippen molar-refractivity contribution in [2.45, 2.75) is 39.8 Å². The zero-order valence-corrected chi connectivity index (χ0v) is 15.1. The standard InChI is InChI=1S/C16H21F3N2O3S/c1-4-24-14(22)12-9(2)10(3)25-13(12)20-15(23)21-7-5-6-11(8-21)16(17,18)19/h11H,4-8H2,1-3H3,(H,20,23)/t11-/m0/s1. The van der Waals surface area contributed by atoms with E-state index in [1.54, 1.807) is 20.8 Å². The molecular formula is C16H21F3N2O3S. The van der Waals surface area contributed by atoms with Crippen molar-refractivity contribution in [3.8, 4) is 0 Å². The van der Waals surface area contributed by atoms with E-state index in [0.717, 1.165) is 9.78 Å². The summed E-state index contributed by atoms with van der Waals surface area (Å²) in [5.74, 6) is -2.06. The van der Waals surface area contributed by atoms with Crippen LogP contribution in [0.1, 0.15) is 40.6 Å². The number of carbonyl (C=O) groups is 2. The number of likely N-dealkylation sites (tertiary alicyclic amines) is 1. The Morgan fingerprint density at radius 2 is 2.04 bits per heavy atom. The number of hydrogen-bond donors (Lipinski definition) is 1. The molecule has 5 nitrogen and oxygen atoms in total. The van der Waals surface area contributed by atoms with E-state index in [0.29, 0.717) is 17.0 Å². The molecule has 0 spiro atoms. The lowest BCUT2D eigenvalue weighted by atomic mass is 9.98. The molecule has 1 aliphatic rings. The summed E-state index contributed by atoms with van der Waals surface area (Å²) in [6.45, 7) is 5.31. The van der Waals surface area contributed by atoms with Crippen molar-refractivity contribution in [1.82, 2.24) is 4.90 Å². The Bertz CT molecular complexity index is 658. The van der Waals surface area contributed by atoms with Crippen LogP contribution in [0.25, 0.3) is 0 Å². The molecule has 0 aromatic carbocycles. The first-order chi connectivity index (χ1) is 11.6. The number of hydrogen-bond acceptors (Lipinski definition) is 4. The first-order valence-electron chi connectivity index (χ1n) is 8.04. The summed E-state index contributed by atoms with van der Waals surface area (Å²) in [5.41, 5.74) is 0.965. The third kappa shape index (κ3) is 4.45. The molecule has 2 rings (SSSR count). The molecule has 1 aromatic heterocycles. The summed E-state index contributed by atoms with van der Waals surface area (Å²) in [7, 11) is 0. The van der Waals surface area contributed by atoms with Crippen molar-refractivity contribution in [2.24, 2.45) is 5.92 Å². The molecule has 0 aliphatic carbocycles. The summed E-state index contributed by atoms with van der Waals surface area (Å²) in [6.07, 6.45) is -3.99. The summed E-state index contributed by atoms with van der Waals surface area (Å²) in [4.78, 5) is 26.5. The average Bonchev–Trinajstić information content (AvgIpc) is 2.81. The van der Waals surface area contributed by atoms with Crippen molar-refractivity contribution >= 4 is 28.3 Å². The van der Waals surface area contributed by atoms with Gasteiger partial charge in [0.2, 0.25) is 0 Å². The summed E-state index contributed by atoms with van der Waals surface area (Å²) in [5, 5.41) is 2.90. The molecule has 2 heterocycles. The molecule has 0 bridgehead atoms. The van der Waals surface area contributed by atoms with Gasteiger partial charge in [-0.25, -0.2) is 9.59 Å². The molecular weight excluding hydrogens is 357 g/mol. The Balaban J connectivity index is 2.15. The highest BCUT2D eigenvalue weighted by Gasteiger charge is 2.42. The number of nitrogens with one attached hydrogen (secondary N) is 1. The van der Waals surface area contributed by atoms with Crippen LogP contribution in [0.15, 0.2) is 0 Å². The van der Waals surface area contributed by atoms with Crippen LogP contribution in [0.5, 0.6) is 0 Å². The Labute approximate surface area is 148 Å². The van der Waals surface area contributed by atoms with E-state index in [2.05, 4.69) is 5.32 Å². The zero-order valence-electron chi connectivity index (χ0n) is 14.3. The smallest absolute Gasteiger partial charge is 0.393 e. The number of urea groups is 1. The van der Waals surface area contributed by atoms with E-state index in [1.807, 2.05) is 0 Å². The number of amides is 2. The van der Waals surface area contributed by atoms with Crippen molar-refractivity contribution in [3.05, 3.63) is 16.0 Å². The number of halogens is 3. The van der Waals surface area contributed by atoms with Gasteiger partial charge in [-0.2, -0.15) is 13.2 Å². The molecule has 1 N–H and O–H groups in total. The second kappa shape index (κ2) is 7.63. The van der Waals surface area contributed by atoms with Crippen LogP contribution in [0.4, 0.5) is 23.0 Å². The van der Waals surface area contributed by atoms with E-state index in [-0.39, 0.29) is 31.7 Å². The van der Waals surface area contributed by atoms with E-state index in [1.165, 1.54) is 11.3 Å². The van der Waals surface area contributed by atoms with Gasteiger partial charge in [-0.1, -0.05) is 0 Å². The van der Waals surface area contributed by atoms with Gasteiger partial charge in [0, 0.05) is 18.0 Å². The van der Waals surface area contributed by atoms with Crippen LogP contribution in [0.2, 0.25) is 0 Å². The topological polar surface area (TPSA) is 58.6 Å². The summed E-state index contributed by atoms with van der Waals surface area (Å²) < 4.78 is 43.7. The van der Waals surface area contributed by atoms with Gasteiger partial charge in [0.15, 0.2) is 0 Å². The lowest BCUT2D eigenvalue weighted by molar-refractivity contribution is -0.183. The van der Waals surface area contributed by atoms with Gasteiger partial charge in [-0.15, -0.1) is 11.3 Å². The maximum atomic E-state index is 12.9. The zero-order chi connectivity index (χ0) is 18.8. The Hall–Kier alpha value is -1.77. The second-order valence-corrected chi connectivity index (χ2v) is 7.19. The van der Waals surface area contributed by atoms with Crippen LogP contribution in [0, 0.1) is 19.8 Å². The summed E-state index contributed by atoms with van der Waals surface area (Å²) in [6, 6.07) is -0.624. The molecule has 2 amide bonds. The second-order valence-electron chi connectivity index (χ2n) is 5.96. The summed E-state index contributed by atoms with van der Waals surface area (Å²) >= 11 is 1.21. The van der Waals surface area contributed by atoms with Crippen molar-refractivity contribution in [3.63, 3.8) is 0 Å². The fourth-order valence-corrected chi connectivity index (χ4v) is 3.81. The van der Waals surface area contributed by atoms with E-state index in [9.17, 15) is 22.8 Å². The minimum Gasteiger partial charge on any atom is -0.462 e. The normalized spacial score (nSPS) is 18.2. The quantitative estimate of drug-likeness (QED) is 0.796. The van der Waals surface area contributed by atoms with Gasteiger partial charge in [-0.05, 0) is 39.2 Å². The third-order valence-corrected chi connectivity index (χ3v) is 5.38. The van der Waals surface area contributed by atoms with Gasteiger partial charge in [-0.3, -0.25) is 5.32 Å². The van der Waals surface area contributed by atoms with Gasteiger partial charge >= 0.3 is 18.2 Å². The lowest BCUT2D eigenvalue weighted by Crippen LogP contribution is -2.46. The minimum atomic E-state index is -4.31. The molecule has 25 heavy (non-hydrogen) atoms. The third-order valence-electron chi connectivity index (χ3n) is 4.26. The predicted octanol–water partition coefficient (Wildman–Crippen LogP) is 4.35. The van der Waals surface area contributed by atoms with Crippen LogP contribution < -0.4 is 5.32 Å². The van der Waals surface area contributed by atoms with Gasteiger partial charge in [0.1, 0.15) is 5.00 Å². The number of ether oxygens (including phenoxy) is 1. The number of rotatable bonds is 3. The number of esters is 1. The molecule has 1 aliphatic heterocycles. The lowest BCUT2D eigenvalue weighted by Gasteiger charge is -2.33. The van der Waals surface area contributed by atoms with E-state index >= 15 is 0 Å². The molecule has 1 atom stereocenters. The van der Waals surface area contributed by atoms with E-state index in [4.69, 9.17) is 4.74 Å².